The molecule has 0 radical (unpaired) electrons. The Bertz CT molecular complexity index is 528. The molecule has 0 aliphatic heterocycles. The van der Waals surface area contributed by atoms with Gasteiger partial charge in [0, 0.05) is 4.88 Å². The fourth-order valence-electron chi connectivity index (χ4n) is 1.57. The van der Waals surface area contributed by atoms with Crippen LogP contribution < -0.4 is 5.32 Å². The van der Waals surface area contributed by atoms with Crippen LogP contribution >= 0.6 is 46.1 Å². The van der Waals surface area contributed by atoms with E-state index in [0.29, 0.717) is 15.9 Å². The fourth-order valence-corrected chi connectivity index (χ4v) is 2.99. The van der Waals surface area contributed by atoms with Gasteiger partial charge in [0.15, 0.2) is 0 Å². The summed E-state index contributed by atoms with van der Waals surface area (Å²) in [5.41, 5.74) is 0. The molecule has 0 spiro atoms. The molecule has 2 aromatic heterocycles. The molecule has 0 aliphatic rings. The van der Waals surface area contributed by atoms with Gasteiger partial charge in [-0.1, -0.05) is 47.8 Å². The topological polar surface area (TPSA) is 24.9 Å². The monoisotopic (exact) mass is 320 g/mol. The van der Waals surface area contributed by atoms with Crippen molar-refractivity contribution in [3.63, 3.8) is 0 Å². The second-order valence-corrected chi connectivity index (χ2v) is 5.86. The van der Waals surface area contributed by atoms with Crippen molar-refractivity contribution in [2.75, 3.05) is 5.32 Å². The van der Waals surface area contributed by atoms with Crippen LogP contribution in [0.1, 0.15) is 24.3 Å². The molecule has 1 unspecified atom stereocenters. The van der Waals surface area contributed by atoms with Gasteiger partial charge in [-0.15, -0.1) is 11.3 Å². The Morgan fingerprint density at radius 2 is 2.11 bits per heavy atom. The van der Waals surface area contributed by atoms with Crippen LogP contribution in [0.5, 0.6) is 0 Å². The Labute approximate surface area is 125 Å². The Morgan fingerprint density at radius 3 is 2.72 bits per heavy atom. The normalized spacial score (nSPS) is 12.4. The highest BCUT2D eigenvalue weighted by molar-refractivity contribution is 7.10. The zero-order valence-corrected chi connectivity index (χ0v) is 12.7. The van der Waals surface area contributed by atoms with Gasteiger partial charge >= 0.3 is 0 Å². The van der Waals surface area contributed by atoms with Gasteiger partial charge in [-0.25, -0.2) is 4.98 Å². The number of anilines is 1. The molecule has 18 heavy (non-hydrogen) atoms. The molecular formula is C12H11Cl3N2S. The minimum atomic E-state index is 0.173. The Balaban J connectivity index is 2.25. The summed E-state index contributed by atoms with van der Waals surface area (Å²) in [6.45, 7) is 2.10. The lowest BCUT2D eigenvalue weighted by Gasteiger charge is -2.17. The van der Waals surface area contributed by atoms with E-state index < -0.39 is 0 Å². The van der Waals surface area contributed by atoms with Gasteiger partial charge in [-0.3, -0.25) is 0 Å². The van der Waals surface area contributed by atoms with Crippen molar-refractivity contribution < 1.29 is 0 Å². The highest BCUT2D eigenvalue weighted by Crippen LogP contribution is 2.32. The first-order valence-electron chi connectivity index (χ1n) is 5.43. The van der Waals surface area contributed by atoms with E-state index in [0.717, 1.165) is 6.42 Å². The maximum absolute atomic E-state index is 6.10. The van der Waals surface area contributed by atoms with Crippen molar-refractivity contribution in [3.8, 4) is 0 Å². The number of hydrogen-bond acceptors (Lipinski definition) is 3. The molecule has 1 N–H and O–H groups in total. The number of rotatable bonds is 4. The lowest BCUT2D eigenvalue weighted by atomic mass is 10.2. The minimum Gasteiger partial charge on any atom is -0.361 e. The zero-order chi connectivity index (χ0) is 13.1. The van der Waals surface area contributed by atoms with Crippen molar-refractivity contribution in [2.45, 2.75) is 19.4 Å². The summed E-state index contributed by atoms with van der Waals surface area (Å²) >= 11 is 19.5. The summed E-state index contributed by atoms with van der Waals surface area (Å²) in [5.74, 6) is 0.561. The lowest BCUT2D eigenvalue weighted by molar-refractivity contribution is 0.759. The highest BCUT2D eigenvalue weighted by Gasteiger charge is 2.14. The quantitative estimate of drug-likeness (QED) is 0.734. The fraction of sp³-hybridized carbons (Fsp3) is 0.250. The average molecular weight is 322 g/mol. The van der Waals surface area contributed by atoms with Crippen molar-refractivity contribution in [2.24, 2.45) is 0 Å². The van der Waals surface area contributed by atoms with E-state index in [9.17, 15) is 0 Å². The van der Waals surface area contributed by atoms with Gasteiger partial charge in [0.25, 0.3) is 0 Å². The molecule has 0 amide bonds. The van der Waals surface area contributed by atoms with Crippen molar-refractivity contribution in [3.05, 3.63) is 43.7 Å². The highest BCUT2D eigenvalue weighted by atomic mass is 35.5. The summed E-state index contributed by atoms with van der Waals surface area (Å²) in [5, 5.41) is 6.42. The smallest absolute Gasteiger partial charge is 0.150 e. The van der Waals surface area contributed by atoms with E-state index in [2.05, 4.69) is 23.3 Å². The van der Waals surface area contributed by atoms with Gasteiger partial charge in [0.1, 0.15) is 11.0 Å². The predicted molar refractivity (Wildman–Crippen MR) is 80.2 cm³/mol. The van der Waals surface area contributed by atoms with Crippen LogP contribution in [-0.2, 0) is 0 Å². The molecule has 2 rings (SSSR count). The summed E-state index contributed by atoms with van der Waals surface area (Å²) < 4.78 is 0. The zero-order valence-electron chi connectivity index (χ0n) is 9.58. The summed E-state index contributed by atoms with van der Waals surface area (Å²) in [4.78, 5) is 5.40. The molecule has 2 aromatic rings. The molecule has 0 fully saturated rings. The van der Waals surface area contributed by atoms with Crippen LogP contribution in [0.15, 0.2) is 23.6 Å². The third kappa shape index (κ3) is 3.09. The van der Waals surface area contributed by atoms with Crippen molar-refractivity contribution in [1.29, 1.82) is 0 Å². The molecule has 0 aliphatic carbocycles. The molecule has 0 aromatic carbocycles. The molecule has 2 heterocycles. The van der Waals surface area contributed by atoms with Crippen molar-refractivity contribution >= 4 is 52.0 Å². The number of thiophene rings is 1. The number of pyridine rings is 1. The van der Waals surface area contributed by atoms with Crippen molar-refractivity contribution in [1.82, 2.24) is 4.98 Å². The molecule has 0 saturated carbocycles. The number of aromatic nitrogens is 1. The second kappa shape index (κ2) is 6.11. The van der Waals surface area contributed by atoms with Crippen LogP contribution in [0.2, 0.25) is 15.2 Å². The number of nitrogens with one attached hydrogen (secondary N) is 1. The van der Waals surface area contributed by atoms with E-state index in [-0.39, 0.29) is 11.2 Å². The summed E-state index contributed by atoms with van der Waals surface area (Å²) in [7, 11) is 0. The van der Waals surface area contributed by atoms with Crippen LogP contribution in [0.3, 0.4) is 0 Å². The number of hydrogen-bond donors (Lipinski definition) is 1. The van der Waals surface area contributed by atoms with Gasteiger partial charge < -0.3 is 5.32 Å². The molecule has 0 saturated heterocycles. The maximum atomic E-state index is 6.10. The van der Waals surface area contributed by atoms with Crippen LogP contribution in [0, 0.1) is 0 Å². The average Bonchev–Trinajstić information content (AvgIpc) is 2.85. The van der Waals surface area contributed by atoms with E-state index >= 15 is 0 Å². The molecule has 6 heteroatoms. The number of halogens is 3. The largest absolute Gasteiger partial charge is 0.361 e. The Hall–Kier alpha value is -0.480. The van der Waals surface area contributed by atoms with E-state index in [1.807, 2.05) is 11.4 Å². The lowest BCUT2D eigenvalue weighted by Crippen LogP contribution is -2.09. The van der Waals surface area contributed by atoms with E-state index in [1.165, 1.54) is 4.88 Å². The van der Waals surface area contributed by atoms with E-state index in [1.54, 1.807) is 17.4 Å². The SMILES string of the molecule is CCC(Nc1nc(Cl)c(Cl)cc1Cl)c1cccs1. The van der Waals surface area contributed by atoms with Gasteiger partial charge in [0.2, 0.25) is 0 Å². The first-order valence-corrected chi connectivity index (χ1v) is 7.44. The summed E-state index contributed by atoms with van der Waals surface area (Å²) in [6.07, 6.45) is 0.929. The van der Waals surface area contributed by atoms with Gasteiger partial charge in [0.05, 0.1) is 16.1 Å². The van der Waals surface area contributed by atoms with Crippen LogP contribution in [0.25, 0.3) is 0 Å². The van der Waals surface area contributed by atoms with Crippen LogP contribution in [-0.4, -0.2) is 4.98 Å². The minimum absolute atomic E-state index is 0.173. The third-order valence-corrected chi connectivity index (χ3v) is 4.44. The van der Waals surface area contributed by atoms with Crippen LogP contribution in [0.4, 0.5) is 5.82 Å². The second-order valence-electron chi connectivity index (χ2n) is 3.71. The maximum Gasteiger partial charge on any atom is 0.150 e. The van der Waals surface area contributed by atoms with Gasteiger partial charge in [-0.2, -0.15) is 0 Å². The molecule has 2 nitrogen and oxygen atoms in total. The van der Waals surface area contributed by atoms with Gasteiger partial charge in [-0.05, 0) is 23.9 Å². The first-order chi connectivity index (χ1) is 8.61. The predicted octanol–water partition coefficient (Wildman–Crippen LogP) is 5.67. The summed E-state index contributed by atoms with van der Waals surface area (Å²) in [6, 6.07) is 5.88. The number of nitrogens with zero attached hydrogens (tertiary/aromatic N) is 1. The molecular weight excluding hydrogens is 311 g/mol. The molecule has 0 bridgehead atoms. The first kappa shape index (κ1) is 13.9. The third-order valence-electron chi connectivity index (χ3n) is 2.49. The molecule has 1 atom stereocenters. The Kier molecular flexibility index (Phi) is 4.73. The molecule has 96 valence electrons. The van der Waals surface area contributed by atoms with E-state index in [4.69, 9.17) is 34.8 Å². The Morgan fingerprint density at radius 1 is 1.33 bits per heavy atom. The standard InChI is InChI=1S/C12H11Cl3N2S/c1-2-9(10-4-3-5-18-10)16-12-8(14)6-7(13)11(15)17-12/h3-6,9H,2H2,1H3,(H,16,17).